The number of rotatable bonds is 4. The summed E-state index contributed by atoms with van der Waals surface area (Å²) in [6.07, 6.45) is 0. The normalized spacial score (nSPS) is 18.3. The maximum absolute atomic E-state index is 11.3. The third kappa shape index (κ3) is 2.64. The van der Waals surface area contributed by atoms with E-state index in [-0.39, 0.29) is 11.8 Å². The van der Waals surface area contributed by atoms with E-state index in [4.69, 9.17) is 0 Å². The summed E-state index contributed by atoms with van der Waals surface area (Å²) in [7, 11) is 0. The highest BCUT2D eigenvalue weighted by molar-refractivity contribution is 5.73. The quantitative estimate of drug-likeness (QED) is 0.932. The molecule has 0 fully saturated rings. The zero-order valence-electron chi connectivity index (χ0n) is 12.1. The predicted molar refractivity (Wildman–Crippen MR) is 83.5 cm³/mol. The van der Waals surface area contributed by atoms with Crippen LogP contribution in [0, 0.1) is 5.92 Å². The van der Waals surface area contributed by atoms with Gasteiger partial charge in [0.25, 0.3) is 0 Å². The minimum absolute atomic E-state index is 0.0578. The molecule has 0 aromatic heterocycles. The standard InChI is InChI=1S/C18H19NO2/c1-13(18(20)21)16-12-19(11-14-7-3-2-4-8-14)17-10-6-5-9-15(16)17/h2-10,13,16H,11-12H2,1H3,(H,20,21). The average molecular weight is 281 g/mol. The largest absolute Gasteiger partial charge is 0.481 e. The maximum Gasteiger partial charge on any atom is 0.306 e. The van der Waals surface area contributed by atoms with Crippen LogP contribution in [0.3, 0.4) is 0 Å². The van der Waals surface area contributed by atoms with Crippen molar-refractivity contribution in [3.05, 3.63) is 65.7 Å². The molecule has 0 saturated carbocycles. The Kier molecular flexibility index (Phi) is 3.65. The van der Waals surface area contributed by atoms with Crippen LogP contribution in [-0.4, -0.2) is 17.6 Å². The summed E-state index contributed by atoms with van der Waals surface area (Å²) >= 11 is 0. The Morgan fingerprint density at radius 3 is 2.57 bits per heavy atom. The van der Waals surface area contributed by atoms with Crippen molar-refractivity contribution in [1.29, 1.82) is 0 Å². The molecule has 2 atom stereocenters. The molecule has 21 heavy (non-hydrogen) atoms. The minimum Gasteiger partial charge on any atom is -0.481 e. The summed E-state index contributed by atoms with van der Waals surface area (Å²) < 4.78 is 0. The summed E-state index contributed by atoms with van der Waals surface area (Å²) in [4.78, 5) is 13.6. The fraction of sp³-hybridized carbons (Fsp3) is 0.278. The molecule has 3 nitrogen and oxygen atoms in total. The van der Waals surface area contributed by atoms with Gasteiger partial charge in [0.2, 0.25) is 0 Å². The lowest BCUT2D eigenvalue weighted by atomic mass is 9.89. The van der Waals surface area contributed by atoms with Crippen LogP contribution in [0.5, 0.6) is 0 Å². The van der Waals surface area contributed by atoms with Crippen LogP contribution in [0.4, 0.5) is 5.69 Å². The van der Waals surface area contributed by atoms with Gasteiger partial charge in [-0.2, -0.15) is 0 Å². The topological polar surface area (TPSA) is 40.5 Å². The number of hydrogen-bond donors (Lipinski definition) is 1. The van der Waals surface area contributed by atoms with Crippen molar-refractivity contribution >= 4 is 11.7 Å². The summed E-state index contributed by atoms with van der Waals surface area (Å²) in [5, 5.41) is 9.33. The van der Waals surface area contributed by atoms with Gasteiger partial charge in [-0.3, -0.25) is 4.79 Å². The van der Waals surface area contributed by atoms with E-state index in [1.165, 1.54) is 11.3 Å². The Labute approximate surface area is 124 Å². The number of carboxylic acids is 1. The smallest absolute Gasteiger partial charge is 0.306 e. The van der Waals surface area contributed by atoms with Crippen LogP contribution in [0.1, 0.15) is 24.0 Å². The number of hydrogen-bond acceptors (Lipinski definition) is 2. The predicted octanol–water partition coefficient (Wildman–Crippen LogP) is 3.51. The Morgan fingerprint density at radius 1 is 1.19 bits per heavy atom. The summed E-state index contributed by atoms with van der Waals surface area (Å²) in [5.41, 5.74) is 3.57. The van der Waals surface area contributed by atoms with Crippen LogP contribution in [-0.2, 0) is 11.3 Å². The lowest BCUT2D eigenvalue weighted by molar-refractivity contribution is -0.141. The van der Waals surface area contributed by atoms with Crippen molar-refractivity contribution in [2.75, 3.05) is 11.4 Å². The van der Waals surface area contributed by atoms with Gasteiger partial charge in [0.05, 0.1) is 5.92 Å². The van der Waals surface area contributed by atoms with E-state index in [9.17, 15) is 9.90 Å². The SMILES string of the molecule is CC(C(=O)O)C1CN(Cc2ccccc2)c2ccccc21. The number of anilines is 1. The highest BCUT2D eigenvalue weighted by Gasteiger charge is 2.34. The second-order valence-electron chi connectivity index (χ2n) is 5.66. The van der Waals surface area contributed by atoms with E-state index in [1.807, 2.05) is 30.3 Å². The first-order valence-electron chi connectivity index (χ1n) is 7.27. The lowest BCUT2D eigenvalue weighted by Gasteiger charge is -2.21. The molecule has 0 aliphatic carbocycles. The Balaban J connectivity index is 1.89. The van der Waals surface area contributed by atoms with Gasteiger partial charge in [-0.15, -0.1) is 0 Å². The zero-order valence-corrected chi connectivity index (χ0v) is 12.1. The van der Waals surface area contributed by atoms with Crippen LogP contribution >= 0.6 is 0 Å². The Hall–Kier alpha value is -2.29. The third-order valence-corrected chi connectivity index (χ3v) is 4.30. The van der Waals surface area contributed by atoms with E-state index in [1.54, 1.807) is 6.92 Å². The third-order valence-electron chi connectivity index (χ3n) is 4.30. The van der Waals surface area contributed by atoms with E-state index in [0.29, 0.717) is 0 Å². The monoisotopic (exact) mass is 281 g/mol. The molecular weight excluding hydrogens is 262 g/mol. The molecule has 2 aromatic rings. The summed E-state index contributed by atoms with van der Waals surface area (Å²) in [5.74, 6) is -1.04. The number of carboxylic acid groups (broad SMARTS) is 1. The van der Waals surface area contributed by atoms with E-state index in [2.05, 4.69) is 29.2 Å². The fourth-order valence-electron chi connectivity index (χ4n) is 3.08. The molecule has 0 radical (unpaired) electrons. The number of carbonyl (C=O) groups is 1. The minimum atomic E-state index is -0.726. The highest BCUT2D eigenvalue weighted by atomic mass is 16.4. The van der Waals surface area contributed by atoms with Gasteiger partial charge in [0, 0.05) is 24.7 Å². The molecule has 0 amide bonds. The number of benzene rings is 2. The van der Waals surface area contributed by atoms with E-state index in [0.717, 1.165) is 18.7 Å². The van der Waals surface area contributed by atoms with Gasteiger partial charge in [0.15, 0.2) is 0 Å². The molecule has 2 unspecified atom stereocenters. The molecule has 2 aromatic carbocycles. The van der Waals surface area contributed by atoms with Crippen LogP contribution in [0.2, 0.25) is 0 Å². The number of para-hydroxylation sites is 1. The molecular formula is C18H19NO2. The van der Waals surface area contributed by atoms with Crippen molar-refractivity contribution in [1.82, 2.24) is 0 Å². The number of fused-ring (bicyclic) bond motifs is 1. The van der Waals surface area contributed by atoms with Crippen LogP contribution in [0.25, 0.3) is 0 Å². The van der Waals surface area contributed by atoms with Gasteiger partial charge in [-0.25, -0.2) is 0 Å². The van der Waals surface area contributed by atoms with Crippen molar-refractivity contribution in [2.45, 2.75) is 19.4 Å². The average Bonchev–Trinajstić information content (AvgIpc) is 2.86. The number of nitrogens with zero attached hydrogens (tertiary/aromatic N) is 1. The first kappa shape index (κ1) is 13.7. The molecule has 108 valence electrons. The summed E-state index contributed by atoms with van der Waals surface area (Å²) in [6, 6.07) is 18.5. The van der Waals surface area contributed by atoms with Crippen molar-refractivity contribution in [3.8, 4) is 0 Å². The molecule has 3 heteroatoms. The maximum atomic E-state index is 11.3. The zero-order chi connectivity index (χ0) is 14.8. The van der Waals surface area contributed by atoms with Gasteiger partial charge in [-0.1, -0.05) is 55.5 Å². The highest BCUT2D eigenvalue weighted by Crippen LogP contribution is 2.40. The molecule has 0 saturated heterocycles. The Bertz CT molecular complexity index is 639. The Morgan fingerprint density at radius 2 is 1.86 bits per heavy atom. The first-order chi connectivity index (χ1) is 10.2. The van der Waals surface area contributed by atoms with Crippen molar-refractivity contribution in [2.24, 2.45) is 5.92 Å². The van der Waals surface area contributed by atoms with Crippen LogP contribution < -0.4 is 4.90 Å². The molecule has 1 heterocycles. The number of aliphatic carboxylic acids is 1. The second-order valence-corrected chi connectivity index (χ2v) is 5.66. The van der Waals surface area contributed by atoms with Crippen molar-refractivity contribution in [3.63, 3.8) is 0 Å². The van der Waals surface area contributed by atoms with Crippen molar-refractivity contribution < 1.29 is 9.90 Å². The van der Waals surface area contributed by atoms with Gasteiger partial charge < -0.3 is 10.0 Å². The molecule has 1 N–H and O–H groups in total. The summed E-state index contributed by atoms with van der Waals surface area (Å²) in [6.45, 7) is 3.39. The fourth-order valence-corrected chi connectivity index (χ4v) is 3.08. The van der Waals surface area contributed by atoms with Gasteiger partial charge in [-0.05, 0) is 17.2 Å². The molecule has 0 spiro atoms. The molecule has 1 aliphatic heterocycles. The van der Waals surface area contributed by atoms with Gasteiger partial charge in [0.1, 0.15) is 0 Å². The lowest BCUT2D eigenvalue weighted by Crippen LogP contribution is -2.26. The van der Waals surface area contributed by atoms with E-state index >= 15 is 0 Å². The van der Waals surface area contributed by atoms with Crippen LogP contribution in [0.15, 0.2) is 54.6 Å². The molecule has 0 bridgehead atoms. The molecule has 1 aliphatic rings. The first-order valence-corrected chi connectivity index (χ1v) is 7.27. The van der Waals surface area contributed by atoms with Gasteiger partial charge >= 0.3 is 5.97 Å². The second kappa shape index (κ2) is 5.60. The van der Waals surface area contributed by atoms with E-state index < -0.39 is 5.97 Å². The molecule has 3 rings (SSSR count).